The van der Waals surface area contributed by atoms with E-state index in [1.54, 1.807) is 24.7 Å². The lowest BCUT2D eigenvalue weighted by molar-refractivity contribution is -0.138. The normalized spacial score (nSPS) is 27.0. The molecule has 1 aromatic heterocycles. The van der Waals surface area contributed by atoms with Crippen LogP contribution in [0.25, 0.3) is 0 Å². The van der Waals surface area contributed by atoms with Crippen LogP contribution in [-0.4, -0.2) is 52.3 Å². The van der Waals surface area contributed by atoms with Crippen LogP contribution in [0, 0.1) is 11.8 Å². The highest BCUT2D eigenvalue weighted by atomic mass is 19.4. The second kappa shape index (κ2) is 8.39. The van der Waals surface area contributed by atoms with Crippen molar-refractivity contribution in [3.63, 3.8) is 0 Å². The number of nitrogens with one attached hydrogen (secondary N) is 1. The predicted octanol–water partition coefficient (Wildman–Crippen LogP) is 3.19. The van der Waals surface area contributed by atoms with Gasteiger partial charge in [0.2, 0.25) is 0 Å². The van der Waals surface area contributed by atoms with Gasteiger partial charge >= 0.3 is 6.18 Å². The van der Waals surface area contributed by atoms with Gasteiger partial charge < -0.3 is 15.2 Å². The first kappa shape index (κ1) is 20.9. The minimum atomic E-state index is -4.45. The number of halogens is 3. The van der Waals surface area contributed by atoms with E-state index in [1.165, 1.54) is 19.2 Å². The number of anilines is 1. The van der Waals surface area contributed by atoms with Crippen molar-refractivity contribution in [2.24, 2.45) is 11.8 Å². The molecule has 4 atom stereocenters. The number of likely N-dealkylation sites (tertiary alicyclic amines) is 1. The number of rotatable bonds is 5. The van der Waals surface area contributed by atoms with Crippen molar-refractivity contribution in [1.29, 1.82) is 0 Å². The topological polar surface area (TPSA) is 70.5 Å². The number of methoxy groups -OCH3 is 1. The third-order valence-corrected chi connectivity index (χ3v) is 6.09. The standard InChI is InChI=1S/C21H25F3N4O2/c1-30-19-3-2-13(6-16(19)21(22,23)24)10-28-11-14-7-17(18(29)8-15(14)12-28)27-20-9-25-4-5-26-20/h2-6,9,14-15,17-18,29H,7-8,10-12H2,1H3,(H,26,27)/t14-,15+,17-,18-/m1/s1. The molecular formula is C21H25F3N4O2. The van der Waals surface area contributed by atoms with Crippen LogP contribution in [0.3, 0.4) is 0 Å². The van der Waals surface area contributed by atoms with Crippen molar-refractivity contribution < 1.29 is 23.0 Å². The van der Waals surface area contributed by atoms with Gasteiger partial charge in [0.1, 0.15) is 11.6 Å². The summed E-state index contributed by atoms with van der Waals surface area (Å²) in [6, 6.07) is 4.13. The van der Waals surface area contributed by atoms with Crippen LogP contribution in [0.1, 0.15) is 24.0 Å². The first-order chi connectivity index (χ1) is 14.3. The average Bonchev–Trinajstić information content (AvgIpc) is 3.09. The number of ether oxygens (including phenoxy) is 1. The fourth-order valence-corrected chi connectivity index (χ4v) is 4.71. The van der Waals surface area contributed by atoms with Gasteiger partial charge in [-0.2, -0.15) is 13.2 Å². The summed E-state index contributed by atoms with van der Waals surface area (Å²) < 4.78 is 44.8. The Morgan fingerprint density at radius 1 is 1.20 bits per heavy atom. The molecular weight excluding hydrogens is 397 g/mol. The Kier molecular flexibility index (Phi) is 5.84. The van der Waals surface area contributed by atoms with E-state index < -0.39 is 17.8 Å². The lowest BCUT2D eigenvalue weighted by Crippen LogP contribution is -2.43. The first-order valence-electron chi connectivity index (χ1n) is 10.0. The molecule has 1 aromatic carbocycles. The van der Waals surface area contributed by atoms with Gasteiger partial charge in [0.05, 0.1) is 31.0 Å². The van der Waals surface area contributed by atoms with Crippen molar-refractivity contribution in [1.82, 2.24) is 14.9 Å². The molecule has 1 saturated heterocycles. The molecule has 2 fully saturated rings. The molecule has 2 aromatic rings. The van der Waals surface area contributed by atoms with Gasteiger partial charge in [-0.3, -0.25) is 9.88 Å². The summed E-state index contributed by atoms with van der Waals surface area (Å²) in [4.78, 5) is 10.4. The van der Waals surface area contributed by atoms with E-state index in [0.717, 1.165) is 19.5 Å². The lowest BCUT2D eigenvalue weighted by Gasteiger charge is -2.35. The molecule has 0 spiro atoms. The number of hydrogen-bond acceptors (Lipinski definition) is 6. The molecule has 9 heteroatoms. The number of aliphatic hydroxyl groups excluding tert-OH is 1. The fourth-order valence-electron chi connectivity index (χ4n) is 4.71. The van der Waals surface area contributed by atoms with E-state index in [2.05, 4.69) is 20.2 Å². The third-order valence-electron chi connectivity index (χ3n) is 6.09. The second-order valence-corrected chi connectivity index (χ2v) is 8.13. The number of aromatic nitrogens is 2. The molecule has 2 N–H and O–H groups in total. The highest BCUT2D eigenvalue weighted by Gasteiger charge is 2.42. The summed E-state index contributed by atoms with van der Waals surface area (Å²) in [6.45, 7) is 2.01. The molecule has 1 aliphatic carbocycles. The zero-order chi connectivity index (χ0) is 21.3. The van der Waals surface area contributed by atoms with Crippen molar-refractivity contribution in [2.75, 3.05) is 25.5 Å². The number of nitrogens with zero attached hydrogens (tertiary/aromatic N) is 3. The molecule has 1 saturated carbocycles. The molecule has 6 nitrogen and oxygen atoms in total. The maximum atomic E-state index is 13.3. The quantitative estimate of drug-likeness (QED) is 0.771. The van der Waals surface area contributed by atoms with Crippen molar-refractivity contribution >= 4 is 5.82 Å². The highest BCUT2D eigenvalue weighted by molar-refractivity contribution is 5.39. The van der Waals surface area contributed by atoms with Crippen LogP contribution in [-0.2, 0) is 12.7 Å². The van der Waals surface area contributed by atoms with Crippen molar-refractivity contribution in [3.8, 4) is 5.75 Å². The second-order valence-electron chi connectivity index (χ2n) is 8.13. The maximum Gasteiger partial charge on any atom is 0.419 e. The van der Waals surface area contributed by atoms with Crippen LogP contribution >= 0.6 is 0 Å². The summed E-state index contributed by atoms with van der Waals surface area (Å²) in [5, 5.41) is 13.8. The van der Waals surface area contributed by atoms with Crippen LogP contribution < -0.4 is 10.1 Å². The smallest absolute Gasteiger partial charge is 0.419 e. The third kappa shape index (κ3) is 4.52. The van der Waals surface area contributed by atoms with E-state index >= 15 is 0 Å². The number of alkyl halides is 3. The van der Waals surface area contributed by atoms with Gasteiger partial charge in [-0.1, -0.05) is 6.07 Å². The van der Waals surface area contributed by atoms with Gasteiger partial charge in [0.25, 0.3) is 0 Å². The monoisotopic (exact) mass is 422 g/mol. The lowest BCUT2D eigenvalue weighted by atomic mass is 9.77. The number of aliphatic hydroxyl groups is 1. The summed E-state index contributed by atoms with van der Waals surface area (Å²) in [5.74, 6) is 1.18. The van der Waals surface area contributed by atoms with E-state index in [-0.39, 0.29) is 11.8 Å². The molecule has 162 valence electrons. The van der Waals surface area contributed by atoms with E-state index in [4.69, 9.17) is 4.74 Å². The van der Waals surface area contributed by atoms with Crippen LogP contribution in [0.4, 0.5) is 19.0 Å². The van der Waals surface area contributed by atoms with Gasteiger partial charge in [-0.05, 0) is 42.4 Å². The Morgan fingerprint density at radius 2 is 1.97 bits per heavy atom. The van der Waals surface area contributed by atoms with Gasteiger partial charge in [0, 0.05) is 32.0 Å². The number of hydrogen-bond donors (Lipinski definition) is 2. The Bertz CT molecular complexity index is 865. The number of fused-ring (bicyclic) bond motifs is 1. The zero-order valence-electron chi connectivity index (χ0n) is 16.6. The van der Waals surface area contributed by atoms with Crippen LogP contribution in [0.5, 0.6) is 5.75 Å². The molecule has 0 radical (unpaired) electrons. The zero-order valence-corrected chi connectivity index (χ0v) is 16.6. The van der Waals surface area contributed by atoms with E-state index in [0.29, 0.717) is 36.2 Å². The Balaban J connectivity index is 1.41. The highest BCUT2D eigenvalue weighted by Crippen LogP contribution is 2.39. The molecule has 30 heavy (non-hydrogen) atoms. The minimum absolute atomic E-state index is 0.110. The average molecular weight is 422 g/mol. The summed E-state index contributed by atoms with van der Waals surface area (Å²) in [7, 11) is 1.24. The Hall–Kier alpha value is -2.39. The van der Waals surface area contributed by atoms with Crippen LogP contribution in [0.2, 0.25) is 0 Å². The molecule has 2 aliphatic rings. The molecule has 1 aliphatic heterocycles. The van der Waals surface area contributed by atoms with Gasteiger partial charge in [-0.15, -0.1) is 0 Å². The molecule has 0 unspecified atom stereocenters. The maximum absolute atomic E-state index is 13.3. The Morgan fingerprint density at radius 3 is 2.63 bits per heavy atom. The van der Waals surface area contributed by atoms with E-state index in [1.807, 2.05) is 0 Å². The molecule has 0 bridgehead atoms. The van der Waals surface area contributed by atoms with Crippen LogP contribution in [0.15, 0.2) is 36.8 Å². The van der Waals surface area contributed by atoms with Gasteiger partial charge in [0.15, 0.2) is 0 Å². The van der Waals surface area contributed by atoms with E-state index in [9.17, 15) is 18.3 Å². The van der Waals surface area contributed by atoms with Gasteiger partial charge in [-0.25, -0.2) is 4.98 Å². The largest absolute Gasteiger partial charge is 0.496 e. The number of benzene rings is 1. The molecule has 0 amide bonds. The Labute approximate surface area is 173 Å². The summed E-state index contributed by atoms with van der Waals surface area (Å²) in [6.07, 6.45) is 1.32. The molecule has 4 rings (SSSR count). The summed E-state index contributed by atoms with van der Waals surface area (Å²) >= 11 is 0. The summed E-state index contributed by atoms with van der Waals surface area (Å²) in [5.41, 5.74) is -0.140. The van der Waals surface area contributed by atoms with Crippen molar-refractivity contribution in [2.45, 2.75) is 37.7 Å². The minimum Gasteiger partial charge on any atom is -0.496 e. The molecule has 2 heterocycles. The predicted molar refractivity (Wildman–Crippen MR) is 105 cm³/mol. The van der Waals surface area contributed by atoms with Crippen molar-refractivity contribution in [3.05, 3.63) is 47.9 Å². The SMILES string of the molecule is COc1ccc(CN2C[C@H]3C[C@@H](Nc4cnccn4)[C@H](O)C[C@H]3C2)cc1C(F)(F)F. The first-order valence-corrected chi connectivity index (χ1v) is 10.0. The fraction of sp³-hybridized carbons (Fsp3) is 0.524.